The predicted molar refractivity (Wildman–Crippen MR) is 64.5 cm³/mol. The molecule has 0 aromatic heterocycles. The van der Waals surface area contributed by atoms with Crippen LogP contribution in [0, 0.1) is 0 Å². The third kappa shape index (κ3) is 4.43. The van der Waals surface area contributed by atoms with Crippen LogP contribution >= 0.6 is 11.8 Å². The molecule has 0 N–H and O–H groups in total. The van der Waals surface area contributed by atoms with Crippen LogP contribution in [0.5, 0.6) is 0 Å². The highest BCUT2D eigenvalue weighted by molar-refractivity contribution is 8.14. The van der Waals surface area contributed by atoms with E-state index in [2.05, 4.69) is 0 Å². The van der Waals surface area contributed by atoms with Crippen LogP contribution in [0.15, 0.2) is 0 Å². The summed E-state index contributed by atoms with van der Waals surface area (Å²) in [6.07, 6.45) is 2.60. The fraction of sp³-hybridized carbons (Fsp3) is 0.818. The van der Waals surface area contributed by atoms with E-state index in [-0.39, 0.29) is 11.2 Å². The van der Waals surface area contributed by atoms with Gasteiger partial charge in [0.05, 0.1) is 6.61 Å². The molecule has 0 aromatic rings. The quantitative estimate of drug-likeness (QED) is 0.748. The highest BCUT2D eigenvalue weighted by Gasteiger charge is 2.22. The standard InChI is InChI=1S/C11H19NO3S/c1-3-15-11(14)12-7-4-5-10(6-8-12)16-9(2)13/h10H,3-8H2,1-2H3. The van der Waals surface area contributed by atoms with Crippen molar-refractivity contribution < 1.29 is 14.3 Å². The summed E-state index contributed by atoms with van der Waals surface area (Å²) in [5.41, 5.74) is 0. The second-order valence-electron chi connectivity index (χ2n) is 3.85. The molecule has 0 aliphatic carbocycles. The summed E-state index contributed by atoms with van der Waals surface area (Å²) in [7, 11) is 0. The number of amides is 1. The van der Waals surface area contributed by atoms with Crippen molar-refractivity contribution in [2.45, 2.75) is 38.4 Å². The van der Waals surface area contributed by atoms with Crippen molar-refractivity contribution in [3.63, 3.8) is 0 Å². The van der Waals surface area contributed by atoms with Gasteiger partial charge in [-0.25, -0.2) is 4.79 Å². The zero-order valence-corrected chi connectivity index (χ0v) is 10.7. The van der Waals surface area contributed by atoms with E-state index in [1.165, 1.54) is 11.8 Å². The topological polar surface area (TPSA) is 46.6 Å². The zero-order valence-electron chi connectivity index (χ0n) is 9.90. The van der Waals surface area contributed by atoms with Gasteiger partial charge in [-0.2, -0.15) is 0 Å². The molecule has 0 bridgehead atoms. The van der Waals surface area contributed by atoms with Gasteiger partial charge in [-0.1, -0.05) is 11.8 Å². The van der Waals surface area contributed by atoms with Gasteiger partial charge >= 0.3 is 6.09 Å². The third-order valence-corrected chi connectivity index (χ3v) is 3.67. The first-order valence-corrected chi connectivity index (χ1v) is 6.60. The molecular weight excluding hydrogens is 226 g/mol. The Balaban J connectivity index is 2.39. The largest absolute Gasteiger partial charge is 0.450 e. The normalized spacial score (nSPS) is 21.4. The maximum Gasteiger partial charge on any atom is 0.409 e. The predicted octanol–water partition coefficient (Wildman–Crippen LogP) is 2.28. The summed E-state index contributed by atoms with van der Waals surface area (Å²) in [5.74, 6) is 0. The minimum Gasteiger partial charge on any atom is -0.450 e. The van der Waals surface area contributed by atoms with Gasteiger partial charge < -0.3 is 9.64 Å². The average molecular weight is 245 g/mol. The number of carbonyl (C=O) groups is 2. The number of hydrogen-bond acceptors (Lipinski definition) is 4. The van der Waals surface area contributed by atoms with Gasteiger partial charge in [0.2, 0.25) is 0 Å². The van der Waals surface area contributed by atoms with Crippen molar-refractivity contribution in [2.24, 2.45) is 0 Å². The third-order valence-electron chi connectivity index (χ3n) is 2.53. The molecule has 92 valence electrons. The molecule has 1 fully saturated rings. The molecule has 1 amide bonds. The average Bonchev–Trinajstić information content (AvgIpc) is 2.43. The highest BCUT2D eigenvalue weighted by Crippen LogP contribution is 2.24. The summed E-state index contributed by atoms with van der Waals surface area (Å²) >= 11 is 1.40. The Morgan fingerprint density at radius 3 is 2.75 bits per heavy atom. The molecule has 1 aliphatic rings. The van der Waals surface area contributed by atoms with E-state index in [9.17, 15) is 9.59 Å². The molecule has 0 aromatic carbocycles. The number of carbonyl (C=O) groups excluding carboxylic acids is 2. The lowest BCUT2D eigenvalue weighted by Crippen LogP contribution is -2.32. The lowest BCUT2D eigenvalue weighted by molar-refractivity contribution is -0.109. The van der Waals surface area contributed by atoms with Crippen molar-refractivity contribution in [2.75, 3.05) is 19.7 Å². The van der Waals surface area contributed by atoms with Gasteiger partial charge in [0.15, 0.2) is 5.12 Å². The van der Waals surface area contributed by atoms with Gasteiger partial charge in [-0.15, -0.1) is 0 Å². The van der Waals surface area contributed by atoms with Gasteiger partial charge in [-0.3, -0.25) is 4.79 Å². The summed E-state index contributed by atoms with van der Waals surface area (Å²) in [5, 5.41) is 0.520. The second-order valence-corrected chi connectivity index (χ2v) is 5.33. The second kappa shape index (κ2) is 6.78. The van der Waals surface area contributed by atoms with Crippen molar-refractivity contribution >= 4 is 23.0 Å². The van der Waals surface area contributed by atoms with Gasteiger partial charge in [0.1, 0.15) is 0 Å². The van der Waals surface area contributed by atoms with E-state index in [0.717, 1.165) is 25.8 Å². The molecule has 0 spiro atoms. The Labute approximate surface area is 101 Å². The number of rotatable bonds is 2. The Morgan fingerprint density at radius 2 is 2.12 bits per heavy atom. The number of hydrogen-bond donors (Lipinski definition) is 0. The van der Waals surface area contributed by atoms with E-state index in [1.54, 1.807) is 11.8 Å². The molecule has 1 heterocycles. The maximum absolute atomic E-state index is 11.5. The molecule has 4 nitrogen and oxygen atoms in total. The molecule has 5 heteroatoms. The Morgan fingerprint density at radius 1 is 1.38 bits per heavy atom. The van der Waals surface area contributed by atoms with E-state index in [1.807, 2.05) is 6.92 Å². The molecule has 0 saturated carbocycles. The smallest absolute Gasteiger partial charge is 0.409 e. The van der Waals surface area contributed by atoms with Gasteiger partial charge in [0, 0.05) is 25.3 Å². The molecule has 0 radical (unpaired) electrons. The van der Waals surface area contributed by atoms with Gasteiger partial charge in [0.25, 0.3) is 0 Å². The van der Waals surface area contributed by atoms with Crippen molar-refractivity contribution in [1.82, 2.24) is 4.90 Å². The monoisotopic (exact) mass is 245 g/mol. The van der Waals surface area contributed by atoms with Crippen LogP contribution in [-0.2, 0) is 9.53 Å². The van der Waals surface area contributed by atoms with Crippen molar-refractivity contribution in [1.29, 1.82) is 0 Å². The van der Waals surface area contributed by atoms with E-state index < -0.39 is 0 Å². The Hall–Kier alpha value is -0.710. The zero-order chi connectivity index (χ0) is 12.0. The van der Waals surface area contributed by atoms with Crippen LogP contribution in [0.2, 0.25) is 0 Å². The SMILES string of the molecule is CCOC(=O)N1CCCC(SC(C)=O)CC1. The minimum atomic E-state index is -0.226. The Bertz CT molecular complexity index is 258. The first-order chi connectivity index (χ1) is 7.63. The molecule has 1 rings (SSSR count). The summed E-state index contributed by atoms with van der Waals surface area (Å²) < 4.78 is 4.97. The first kappa shape index (κ1) is 13.4. The summed E-state index contributed by atoms with van der Waals surface area (Å²) in [4.78, 5) is 24.2. The van der Waals surface area contributed by atoms with Crippen LogP contribution in [-0.4, -0.2) is 41.1 Å². The number of nitrogens with zero attached hydrogens (tertiary/aromatic N) is 1. The fourth-order valence-electron chi connectivity index (χ4n) is 1.82. The van der Waals surface area contributed by atoms with Crippen molar-refractivity contribution in [3.05, 3.63) is 0 Å². The number of likely N-dealkylation sites (tertiary alicyclic amines) is 1. The van der Waals surface area contributed by atoms with E-state index in [4.69, 9.17) is 4.74 Å². The summed E-state index contributed by atoms with van der Waals surface area (Å²) in [6.45, 7) is 5.27. The first-order valence-electron chi connectivity index (χ1n) is 5.72. The maximum atomic E-state index is 11.5. The molecular formula is C11H19NO3S. The van der Waals surface area contributed by atoms with Crippen LogP contribution in [0.1, 0.15) is 33.1 Å². The number of thioether (sulfide) groups is 1. The Kier molecular flexibility index (Phi) is 5.66. The number of ether oxygens (including phenoxy) is 1. The lowest BCUT2D eigenvalue weighted by atomic mass is 10.2. The molecule has 1 unspecified atom stereocenters. The molecule has 16 heavy (non-hydrogen) atoms. The van der Waals surface area contributed by atoms with Gasteiger partial charge in [-0.05, 0) is 26.2 Å². The molecule has 1 atom stereocenters. The fourth-order valence-corrected chi connectivity index (χ4v) is 2.79. The van der Waals surface area contributed by atoms with Crippen LogP contribution in [0.25, 0.3) is 0 Å². The summed E-state index contributed by atoms with van der Waals surface area (Å²) in [6, 6.07) is 0. The van der Waals surface area contributed by atoms with Crippen LogP contribution in [0.3, 0.4) is 0 Å². The highest BCUT2D eigenvalue weighted by atomic mass is 32.2. The minimum absolute atomic E-state index is 0.162. The van der Waals surface area contributed by atoms with Crippen LogP contribution < -0.4 is 0 Å². The van der Waals surface area contributed by atoms with E-state index >= 15 is 0 Å². The van der Waals surface area contributed by atoms with E-state index in [0.29, 0.717) is 18.4 Å². The molecule has 1 aliphatic heterocycles. The lowest BCUT2D eigenvalue weighted by Gasteiger charge is -2.19. The van der Waals surface area contributed by atoms with Crippen LogP contribution in [0.4, 0.5) is 4.79 Å². The van der Waals surface area contributed by atoms with Crippen molar-refractivity contribution in [3.8, 4) is 0 Å². The molecule has 1 saturated heterocycles.